The number of hydrogen-bond acceptors (Lipinski definition) is 4. The standard InChI is InChI=1S/C13H17N3O2.ClH/c17-13(18)10-5-7-11(8-6-10)15-16-12-4-2-1-3-9-14-12;/h5-8,15H,1-4,9H2,(H,14,16)(H,17,18);1H/p-1. The monoisotopic (exact) mass is 282 g/mol. The normalized spacial score (nSPS) is 14.6. The van der Waals surface area contributed by atoms with Crippen LogP contribution in [0.25, 0.3) is 0 Å². The van der Waals surface area contributed by atoms with Crippen LogP contribution in [0.5, 0.6) is 0 Å². The van der Waals surface area contributed by atoms with Crippen LogP contribution in [0.3, 0.4) is 0 Å². The number of carboxylic acids is 1. The first-order valence-electron chi connectivity index (χ1n) is 6.14. The quantitative estimate of drug-likeness (QED) is 0.640. The van der Waals surface area contributed by atoms with Crippen LogP contribution in [0.1, 0.15) is 36.0 Å². The van der Waals surface area contributed by atoms with E-state index < -0.39 is 5.97 Å². The average Bonchev–Trinajstić information content (AvgIpc) is 2.65. The number of nitrogens with zero attached hydrogens (tertiary/aromatic N) is 1. The Balaban J connectivity index is 0.00000180. The molecule has 0 bridgehead atoms. The maximum atomic E-state index is 10.7. The number of carbonyl (C=O) groups is 1. The Morgan fingerprint density at radius 1 is 1.11 bits per heavy atom. The molecule has 19 heavy (non-hydrogen) atoms. The maximum Gasteiger partial charge on any atom is 0.335 e. The first-order valence-corrected chi connectivity index (χ1v) is 6.14. The molecule has 0 saturated heterocycles. The number of anilines is 1. The minimum Gasteiger partial charge on any atom is -1.00 e. The summed E-state index contributed by atoms with van der Waals surface area (Å²) in [6, 6.07) is 6.60. The van der Waals surface area contributed by atoms with Crippen LogP contribution in [0, 0.1) is 0 Å². The van der Waals surface area contributed by atoms with E-state index in [9.17, 15) is 4.79 Å². The number of aliphatic imine (C=N–C) groups is 1. The van der Waals surface area contributed by atoms with Gasteiger partial charge in [-0.1, -0.05) is 6.42 Å². The lowest BCUT2D eigenvalue weighted by atomic mass is 10.2. The SMILES string of the molecule is O=C(O)c1ccc(NNC2=NCCCCC2)cc1.[Cl-]. The van der Waals surface area contributed by atoms with Crippen molar-refractivity contribution in [2.75, 3.05) is 12.0 Å². The number of amidine groups is 1. The Morgan fingerprint density at radius 2 is 1.84 bits per heavy atom. The highest BCUT2D eigenvalue weighted by Gasteiger charge is 2.04. The third-order valence-electron chi connectivity index (χ3n) is 2.86. The van der Waals surface area contributed by atoms with Gasteiger partial charge in [-0.25, -0.2) is 4.79 Å². The molecule has 0 aromatic heterocycles. The molecule has 0 radical (unpaired) electrons. The van der Waals surface area contributed by atoms with Crippen LogP contribution in [0.2, 0.25) is 0 Å². The second kappa shape index (κ2) is 7.63. The van der Waals surface area contributed by atoms with Crippen molar-refractivity contribution in [3.05, 3.63) is 29.8 Å². The van der Waals surface area contributed by atoms with Gasteiger partial charge in [-0.05, 0) is 37.1 Å². The molecule has 0 unspecified atom stereocenters. The molecule has 5 nitrogen and oxygen atoms in total. The van der Waals surface area contributed by atoms with Crippen molar-refractivity contribution < 1.29 is 22.3 Å². The maximum absolute atomic E-state index is 10.7. The van der Waals surface area contributed by atoms with Crippen molar-refractivity contribution in [3.8, 4) is 0 Å². The fraction of sp³-hybridized carbons (Fsp3) is 0.385. The van der Waals surface area contributed by atoms with E-state index in [-0.39, 0.29) is 18.0 Å². The minimum atomic E-state index is -0.914. The van der Waals surface area contributed by atoms with Crippen molar-refractivity contribution in [1.29, 1.82) is 0 Å². The fourth-order valence-electron chi connectivity index (χ4n) is 1.82. The van der Waals surface area contributed by atoms with Gasteiger partial charge in [-0.15, -0.1) is 0 Å². The van der Waals surface area contributed by atoms with Crippen molar-refractivity contribution in [2.24, 2.45) is 4.99 Å². The second-order valence-electron chi connectivity index (χ2n) is 4.27. The van der Waals surface area contributed by atoms with Gasteiger partial charge in [0.05, 0.1) is 11.3 Å². The van der Waals surface area contributed by atoms with E-state index in [0.29, 0.717) is 0 Å². The minimum absolute atomic E-state index is 0. The zero-order valence-corrected chi connectivity index (χ0v) is 11.3. The molecule has 1 aromatic rings. The Hall–Kier alpha value is -1.75. The number of carboxylic acid groups (broad SMARTS) is 1. The van der Waals surface area contributed by atoms with Gasteiger partial charge < -0.3 is 17.5 Å². The van der Waals surface area contributed by atoms with Crippen molar-refractivity contribution in [1.82, 2.24) is 5.43 Å². The summed E-state index contributed by atoms with van der Waals surface area (Å²) in [4.78, 5) is 15.1. The van der Waals surface area contributed by atoms with E-state index in [2.05, 4.69) is 15.8 Å². The summed E-state index contributed by atoms with van der Waals surface area (Å²) < 4.78 is 0. The van der Waals surface area contributed by atoms with E-state index in [1.54, 1.807) is 24.3 Å². The Kier molecular flexibility index (Phi) is 6.15. The number of hydrazine groups is 1. The summed E-state index contributed by atoms with van der Waals surface area (Å²) in [7, 11) is 0. The van der Waals surface area contributed by atoms with Crippen molar-refractivity contribution in [2.45, 2.75) is 25.7 Å². The number of hydrogen-bond donors (Lipinski definition) is 3. The Bertz CT molecular complexity index is 446. The molecule has 1 heterocycles. The lowest BCUT2D eigenvalue weighted by molar-refractivity contribution is -0.0000193. The average molecular weight is 283 g/mol. The molecule has 0 fully saturated rings. The number of aromatic carboxylic acids is 1. The van der Waals surface area contributed by atoms with Crippen molar-refractivity contribution in [3.63, 3.8) is 0 Å². The van der Waals surface area contributed by atoms with Gasteiger partial charge in [0.25, 0.3) is 0 Å². The first-order chi connectivity index (χ1) is 8.75. The molecule has 0 spiro atoms. The molecule has 104 valence electrons. The van der Waals surface area contributed by atoms with E-state index >= 15 is 0 Å². The number of halogens is 1. The topological polar surface area (TPSA) is 73.7 Å². The van der Waals surface area contributed by atoms with Gasteiger partial charge in [0.2, 0.25) is 0 Å². The second-order valence-corrected chi connectivity index (χ2v) is 4.27. The summed E-state index contributed by atoms with van der Waals surface area (Å²) in [5.74, 6) is 0.0532. The number of rotatable bonds is 3. The lowest BCUT2D eigenvalue weighted by Gasteiger charge is -2.11. The van der Waals surface area contributed by atoms with Gasteiger partial charge in [-0.2, -0.15) is 0 Å². The van der Waals surface area contributed by atoms with E-state index in [0.717, 1.165) is 37.3 Å². The van der Waals surface area contributed by atoms with E-state index in [1.165, 1.54) is 6.42 Å². The fourth-order valence-corrected chi connectivity index (χ4v) is 1.82. The highest BCUT2D eigenvalue weighted by atomic mass is 35.5. The first kappa shape index (κ1) is 15.3. The predicted octanol–water partition coefficient (Wildman–Crippen LogP) is -0.722. The smallest absolute Gasteiger partial charge is 0.335 e. The largest absolute Gasteiger partial charge is 1.00 e. The molecule has 1 aliphatic heterocycles. The summed E-state index contributed by atoms with van der Waals surface area (Å²) in [6.45, 7) is 0.877. The number of benzene rings is 1. The third-order valence-corrected chi connectivity index (χ3v) is 2.86. The summed E-state index contributed by atoms with van der Waals surface area (Å²) in [6.07, 6.45) is 4.49. The molecule has 2 rings (SSSR count). The van der Waals surface area contributed by atoms with Crippen LogP contribution >= 0.6 is 0 Å². The highest BCUT2D eigenvalue weighted by molar-refractivity contribution is 5.88. The van der Waals surface area contributed by atoms with Crippen molar-refractivity contribution >= 4 is 17.5 Å². The predicted molar refractivity (Wildman–Crippen MR) is 70.9 cm³/mol. The highest BCUT2D eigenvalue weighted by Crippen LogP contribution is 2.09. The molecule has 1 aliphatic rings. The van der Waals surface area contributed by atoms with Crippen LogP contribution in [-0.2, 0) is 0 Å². The lowest BCUT2D eigenvalue weighted by Crippen LogP contribution is -3.00. The molecular formula is C13H17ClN3O2-. The summed E-state index contributed by atoms with van der Waals surface area (Å²) in [5, 5.41) is 8.79. The van der Waals surface area contributed by atoms with E-state index in [1.807, 2.05) is 0 Å². The Labute approximate surface area is 118 Å². The summed E-state index contributed by atoms with van der Waals surface area (Å²) >= 11 is 0. The zero-order chi connectivity index (χ0) is 12.8. The molecule has 3 N–H and O–H groups in total. The third kappa shape index (κ3) is 4.79. The van der Waals surface area contributed by atoms with Gasteiger partial charge in [-0.3, -0.25) is 15.8 Å². The molecule has 6 heteroatoms. The molecule has 0 atom stereocenters. The van der Waals surface area contributed by atoms with Gasteiger partial charge >= 0.3 is 5.97 Å². The Morgan fingerprint density at radius 3 is 2.53 bits per heavy atom. The van der Waals surface area contributed by atoms with Gasteiger partial charge in [0.1, 0.15) is 5.84 Å². The molecule has 0 saturated carbocycles. The molecule has 0 aliphatic carbocycles. The zero-order valence-electron chi connectivity index (χ0n) is 10.5. The van der Waals surface area contributed by atoms with Crippen LogP contribution in [-0.4, -0.2) is 23.5 Å². The van der Waals surface area contributed by atoms with Crippen LogP contribution < -0.4 is 23.3 Å². The molecule has 1 aromatic carbocycles. The van der Waals surface area contributed by atoms with E-state index in [4.69, 9.17) is 5.11 Å². The number of nitrogens with one attached hydrogen (secondary N) is 2. The molecule has 0 amide bonds. The van der Waals surface area contributed by atoms with Crippen LogP contribution in [0.15, 0.2) is 29.3 Å². The van der Waals surface area contributed by atoms with Crippen LogP contribution in [0.4, 0.5) is 5.69 Å². The molecular weight excluding hydrogens is 266 g/mol. The van der Waals surface area contributed by atoms with Gasteiger partial charge in [0.15, 0.2) is 0 Å². The van der Waals surface area contributed by atoms with Gasteiger partial charge in [0, 0.05) is 13.0 Å². The summed E-state index contributed by atoms with van der Waals surface area (Å²) in [5.41, 5.74) is 7.22.